The second-order valence-corrected chi connectivity index (χ2v) is 9.48. The van der Waals surface area contributed by atoms with Gasteiger partial charge in [-0.2, -0.15) is 0 Å². The Kier molecular flexibility index (Phi) is 6.23. The van der Waals surface area contributed by atoms with Crippen molar-refractivity contribution in [2.75, 3.05) is 24.7 Å². The van der Waals surface area contributed by atoms with Gasteiger partial charge in [-0.15, -0.1) is 0 Å². The van der Waals surface area contributed by atoms with Gasteiger partial charge in [0.2, 0.25) is 5.91 Å². The van der Waals surface area contributed by atoms with Gasteiger partial charge in [0.15, 0.2) is 0 Å². The molecular weight excluding hydrogens is 450 g/mol. The lowest BCUT2D eigenvalue weighted by Crippen LogP contribution is -2.57. The zero-order valence-corrected chi connectivity index (χ0v) is 20.1. The first-order chi connectivity index (χ1) is 16.5. The number of para-hydroxylation sites is 1. The molecule has 5 rings (SSSR count). The Morgan fingerprint density at radius 2 is 1.65 bits per heavy atom. The standard InChI is InChI=1S/C26H30ClN5O2/c1-2-15-32-23(21(27)24(33)29-32)22(19-9-5-3-6-10-19)30-16-13-26(14-17-30)25(34)28-18-31(26)20-11-7-4-8-12-20/h3-12,22H,2,13-18H2,1H3,(H,28,34)(H,29,33). The molecule has 0 aliphatic carbocycles. The van der Waals surface area contributed by atoms with Gasteiger partial charge in [0.25, 0.3) is 5.56 Å². The molecule has 2 fully saturated rings. The average Bonchev–Trinajstić information content (AvgIpc) is 3.33. The number of H-pyrrole nitrogens is 1. The quantitative estimate of drug-likeness (QED) is 0.564. The van der Waals surface area contributed by atoms with E-state index < -0.39 is 5.54 Å². The molecule has 3 aromatic rings. The van der Waals surface area contributed by atoms with Gasteiger partial charge < -0.3 is 10.2 Å². The van der Waals surface area contributed by atoms with Crippen LogP contribution in [0.25, 0.3) is 0 Å². The maximum atomic E-state index is 13.1. The molecule has 2 aromatic carbocycles. The van der Waals surface area contributed by atoms with Crippen LogP contribution in [0.3, 0.4) is 0 Å². The van der Waals surface area contributed by atoms with Gasteiger partial charge in [-0.05, 0) is 37.0 Å². The number of nitrogens with one attached hydrogen (secondary N) is 2. The van der Waals surface area contributed by atoms with Crippen LogP contribution in [0.5, 0.6) is 0 Å². The Hall–Kier alpha value is -3.03. The summed E-state index contributed by atoms with van der Waals surface area (Å²) < 4.78 is 1.89. The highest BCUT2D eigenvalue weighted by Crippen LogP contribution is 2.40. The molecule has 7 nitrogen and oxygen atoms in total. The molecule has 0 bridgehead atoms. The van der Waals surface area contributed by atoms with Crippen LogP contribution >= 0.6 is 11.6 Å². The number of amides is 1. The van der Waals surface area contributed by atoms with Crippen molar-refractivity contribution in [2.24, 2.45) is 0 Å². The molecule has 34 heavy (non-hydrogen) atoms. The van der Waals surface area contributed by atoms with Crippen molar-refractivity contribution in [3.05, 3.63) is 87.3 Å². The topological polar surface area (TPSA) is 73.4 Å². The van der Waals surface area contributed by atoms with Crippen molar-refractivity contribution in [3.8, 4) is 0 Å². The largest absolute Gasteiger partial charge is 0.339 e. The van der Waals surface area contributed by atoms with E-state index in [9.17, 15) is 9.59 Å². The Morgan fingerprint density at radius 3 is 2.29 bits per heavy atom. The number of anilines is 1. The molecule has 0 radical (unpaired) electrons. The SMILES string of the molecule is CCCn1[nH]c(=O)c(Cl)c1C(c1ccccc1)N1CCC2(CC1)C(=O)NCN2c1ccccc1. The van der Waals surface area contributed by atoms with E-state index in [4.69, 9.17) is 11.6 Å². The first-order valence-electron chi connectivity index (χ1n) is 11.9. The predicted molar refractivity (Wildman–Crippen MR) is 134 cm³/mol. The fourth-order valence-corrected chi connectivity index (χ4v) is 5.74. The first-order valence-corrected chi connectivity index (χ1v) is 12.3. The van der Waals surface area contributed by atoms with Crippen molar-refractivity contribution in [2.45, 2.75) is 44.3 Å². The van der Waals surface area contributed by atoms with Crippen molar-refractivity contribution < 1.29 is 4.79 Å². The third kappa shape index (κ3) is 3.83. The van der Waals surface area contributed by atoms with Gasteiger partial charge in [0.1, 0.15) is 10.6 Å². The summed E-state index contributed by atoms with van der Waals surface area (Å²) in [6.45, 7) is 4.69. The van der Waals surface area contributed by atoms with Gasteiger partial charge >= 0.3 is 0 Å². The maximum Gasteiger partial charge on any atom is 0.283 e. The van der Waals surface area contributed by atoms with Crippen LogP contribution in [-0.2, 0) is 11.3 Å². The van der Waals surface area contributed by atoms with E-state index >= 15 is 0 Å². The summed E-state index contributed by atoms with van der Waals surface area (Å²) in [7, 11) is 0. The highest BCUT2D eigenvalue weighted by molar-refractivity contribution is 6.31. The molecule has 1 amide bonds. The van der Waals surface area contributed by atoms with Gasteiger partial charge in [0.05, 0.1) is 18.4 Å². The van der Waals surface area contributed by atoms with Gasteiger partial charge in [-0.25, -0.2) is 0 Å². The number of hydrogen-bond donors (Lipinski definition) is 2. The molecule has 1 aromatic heterocycles. The summed E-state index contributed by atoms with van der Waals surface area (Å²) in [5.41, 5.74) is 2.11. The number of aromatic amines is 1. The number of nitrogens with zero attached hydrogens (tertiary/aromatic N) is 3. The third-order valence-electron chi connectivity index (χ3n) is 7.17. The van der Waals surface area contributed by atoms with E-state index in [0.29, 0.717) is 39.1 Å². The minimum absolute atomic E-state index is 0.0924. The van der Waals surface area contributed by atoms with Gasteiger partial charge in [0, 0.05) is 25.3 Å². The minimum atomic E-state index is -0.565. The summed E-state index contributed by atoms with van der Waals surface area (Å²) in [6.07, 6.45) is 2.26. The number of halogens is 1. The number of hydrogen-bond acceptors (Lipinski definition) is 4. The molecule has 0 saturated carbocycles. The zero-order valence-electron chi connectivity index (χ0n) is 19.3. The predicted octanol–water partition coefficient (Wildman–Crippen LogP) is 3.76. The number of benzene rings is 2. The van der Waals surface area contributed by atoms with Crippen molar-refractivity contribution in [1.29, 1.82) is 0 Å². The maximum absolute atomic E-state index is 13.1. The van der Waals surface area contributed by atoms with E-state index in [0.717, 1.165) is 23.4 Å². The summed E-state index contributed by atoms with van der Waals surface area (Å²) >= 11 is 6.60. The number of carbonyl (C=O) groups excluding carboxylic acids is 1. The Bertz CT molecular complexity index is 1200. The third-order valence-corrected chi connectivity index (χ3v) is 7.53. The second kappa shape index (κ2) is 9.31. The van der Waals surface area contributed by atoms with E-state index in [2.05, 4.69) is 51.4 Å². The number of carbonyl (C=O) groups is 1. The summed E-state index contributed by atoms with van der Waals surface area (Å²) in [5.74, 6) is 0.0924. The number of aromatic nitrogens is 2. The summed E-state index contributed by atoms with van der Waals surface area (Å²) in [5, 5.41) is 6.23. The van der Waals surface area contributed by atoms with Crippen molar-refractivity contribution >= 4 is 23.2 Å². The van der Waals surface area contributed by atoms with Crippen LogP contribution < -0.4 is 15.8 Å². The normalized spacial score (nSPS) is 18.9. The minimum Gasteiger partial charge on any atom is -0.339 e. The molecular formula is C26H30ClN5O2. The Balaban J connectivity index is 1.49. The van der Waals surface area contributed by atoms with Crippen molar-refractivity contribution in [3.63, 3.8) is 0 Å². The smallest absolute Gasteiger partial charge is 0.283 e. The van der Waals surface area contributed by atoms with Crippen LogP contribution in [0.2, 0.25) is 5.02 Å². The number of rotatable bonds is 6. The summed E-state index contributed by atoms with van der Waals surface area (Å²) in [6, 6.07) is 20.1. The molecule has 1 unspecified atom stereocenters. The van der Waals surface area contributed by atoms with Crippen LogP contribution in [-0.4, -0.2) is 45.9 Å². The molecule has 1 spiro atoms. The molecule has 178 valence electrons. The van der Waals surface area contributed by atoms with Crippen LogP contribution in [0.15, 0.2) is 65.5 Å². The highest BCUT2D eigenvalue weighted by atomic mass is 35.5. The average molecular weight is 480 g/mol. The van der Waals surface area contributed by atoms with Gasteiger partial charge in [-0.1, -0.05) is 67.1 Å². The molecule has 2 saturated heterocycles. The zero-order chi connectivity index (χ0) is 23.7. The van der Waals surface area contributed by atoms with E-state index in [1.165, 1.54) is 0 Å². The van der Waals surface area contributed by atoms with E-state index in [1.54, 1.807) is 0 Å². The van der Waals surface area contributed by atoms with E-state index in [1.807, 2.05) is 41.1 Å². The molecule has 2 aliphatic heterocycles. The monoisotopic (exact) mass is 479 g/mol. The fourth-order valence-electron chi connectivity index (χ4n) is 5.50. The second-order valence-electron chi connectivity index (χ2n) is 9.10. The highest BCUT2D eigenvalue weighted by Gasteiger charge is 2.51. The number of likely N-dealkylation sites (tertiary alicyclic amines) is 1. The van der Waals surface area contributed by atoms with Crippen molar-refractivity contribution in [1.82, 2.24) is 20.0 Å². The molecule has 1 atom stereocenters. The molecule has 2 N–H and O–H groups in total. The lowest BCUT2D eigenvalue weighted by Gasteiger charge is -2.45. The lowest BCUT2D eigenvalue weighted by molar-refractivity contribution is -0.125. The number of piperidine rings is 1. The van der Waals surface area contributed by atoms with E-state index in [-0.39, 0.29) is 22.5 Å². The fraction of sp³-hybridized carbons (Fsp3) is 0.385. The summed E-state index contributed by atoms with van der Waals surface area (Å²) in [4.78, 5) is 30.2. The first kappa shape index (κ1) is 22.7. The van der Waals surface area contributed by atoms with Gasteiger partial charge in [-0.3, -0.25) is 24.3 Å². The van der Waals surface area contributed by atoms with Crippen LogP contribution in [0, 0.1) is 0 Å². The molecule has 2 aliphatic rings. The lowest BCUT2D eigenvalue weighted by atomic mass is 9.84. The molecule has 3 heterocycles. The Morgan fingerprint density at radius 1 is 1.00 bits per heavy atom. The molecule has 8 heteroatoms. The Labute approximate surface area is 204 Å². The number of aryl methyl sites for hydroxylation is 1. The van der Waals surface area contributed by atoms with Crippen LogP contribution in [0.1, 0.15) is 43.5 Å². The van der Waals surface area contributed by atoms with Crippen LogP contribution in [0.4, 0.5) is 5.69 Å².